The molecule has 0 radical (unpaired) electrons. The molecule has 102 valence electrons. The zero-order valence-corrected chi connectivity index (χ0v) is 12.7. The highest BCUT2D eigenvalue weighted by molar-refractivity contribution is 9.10. The molecule has 1 amide bonds. The first-order chi connectivity index (χ1) is 8.99. The van der Waals surface area contributed by atoms with Gasteiger partial charge in [0.15, 0.2) is 0 Å². The minimum Gasteiger partial charge on any atom is -0.507 e. The number of hydrogen-bond donors (Lipinski definition) is 2. The number of benzene rings is 1. The van der Waals surface area contributed by atoms with E-state index in [4.69, 9.17) is 18.0 Å². The van der Waals surface area contributed by atoms with Crippen LogP contribution in [0.2, 0.25) is 0 Å². The molecular formula is C13H15BrN2O2S. The lowest BCUT2D eigenvalue weighted by molar-refractivity contribution is 0.0747. The second-order valence-corrected chi connectivity index (χ2v) is 5.99. The van der Waals surface area contributed by atoms with Crippen molar-refractivity contribution >= 4 is 39.0 Å². The molecule has 1 fully saturated rings. The fourth-order valence-electron chi connectivity index (χ4n) is 1.88. The summed E-state index contributed by atoms with van der Waals surface area (Å²) in [6.07, 6.45) is 2.57. The van der Waals surface area contributed by atoms with E-state index in [1.54, 1.807) is 17.0 Å². The molecule has 0 aromatic heterocycles. The van der Waals surface area contributed by atoms with Gasteiger partial charge in [0.25, 0.3) is 5.91 Å². The Kier molecular flexibility index (Phi) is 4.42. The minimum absolute atomic E-state index is 0.0657. The van der Waals surface area contributed by atoms with Crippen LogP contribution in [0.3, 0.4) is 0 Å². The average molecular weight is 343 g/mol. The van der Waals surface area contributed by atoms with E-state index < -0.39 is 0 Å². The van der Waals surface area contributed by atoms with Crippen LogP contribution >= 0.6 is 28.1 Å². The maximum Gasteiger partial charge on any atom is 0.254 e. The van der Waals surface area contributed by atoms with Crippen LogP contribution in [0.5, 0.6) is 5.75 Å². The van der Waals surface area contributed by atoms with E-state index >= 15 is 0 Å². The number of phenols is 1. The van der Waals surface area contributed by atoms with Crippen LogP contribution < -0.4 is 5.73 Å². The number of phenolic OH excluding ortho intramolecular Hbond substituents is 1. The molecule has 0 bridgehead atoms. The minimum atomic E-state index is -0.0819. The number of rotatable bonds is 5. The lowest BCUT2D eigenvalue weighted by Crippen LogP contribution is -2.35. The molecule has 0 saturated heterocycles. The molecule has 2 rings (SSSR count). The highest BCUT2D eigenvalue weighted by Gasteiger charge is 2.32. The number of carbonyl (C=O) groups is 1. The molecule has 6 heteroatoms. The molecule has 0 aliphatic heterocycles. The molecule has 19 heavy (non-hydrogen) atoms. The van der Waals surface area contributed by atoms with Gasteiger partial charge < -0.3 is 15.7 Å². The van der Waals surface area contributed by atoms with Gasteiger partial charge in [-0.2, -0.15) is 0 Å². The molecule has 0 heterocycles. The van der Waals surface area contributed by atoms with Crippen LogP contribution in [0.15, 0.2) is 22.7 Å². The van der Waals surface area contributed by atoms with Crippen molar-refractivity contribution in [1.29, 1.82) is 0 Å². The Labute approximate surface area is 125 Å². The maximum absolute atomic E-state index is 12.4. The fraction of sp³-hybridized carbons (Fsp3) is 0.385. The van der Waals surface area contributed by atoms with E-state index in [-0.39, 0.29) is 17.7 Å². The van der Waals surface area contributed by atoms with E-state index in [0.717, 1.165) is 12.8 Å². The molecule has 1 aromatic rings. The lowest BCUT2D eigenvalue weighted by atomic mass is 10.1. The number of nitrogens with two attached hydrogens (primary N) is 1. The fourth-order valence-corrected chi connectivity index (χ4v) is 2.22. The van der Waals surface area contributed by atoms with Crippen LogP contribution in [0.4, 0.5) is 0 Å². The van der Waals surface area contributed by atoms with Crippen molar-refractivity contribution in [2.24, 2.45) is 5.73 Å². The third kappa shape index (κ3) is 3.67. The van der Waals surface area contributed by atoms with Gasteiger partial charge in [-0.05, 0) is 47.0 Å². The van der Waals surface area contributed by atoms with Gasteiger partial charge in [-0.1, -0.05) is 12.2 Å². The molecular weight excluding hydrogens is 328 g/mol. The van der Waals surface area contributed by atoms with Gasteiger partial charge in [0, 0.05) is 24.6 Å². The van der Waals surface area contributed by atoms with Crippen molar-refractivity contribution in [3.63, 3.8) is 0 Å². The summed E-state index contributed by atoms with van der Waals surface area (Å²) in [6, 6.07) is 5.12. The summed E-state index contributed by atoms with van der Waals surface area (Å²) in [4.78, 5) is 14.6. The third-order valence-corrected chi connectivity index (χ3v) is 3.92. The number of halogens is 1. The standard InChI is InChI=1S/C13H15BrN2O2S/c14-10-4-1-8(7-11(10)17)13(18)16(9-2-3-9)6-5-12(15)19/h1,4,7,9,17H,2-3,5-6H2,(H2,15,19). The highest BCUT2D eigenvalue weighted by Crippen LogP contribution is 2.30. The second-order valence-electron chi connectivity index (χ2n) is 4.61. The number of thiocarbonyl (C=S) groups is 1. The highest BCUT2D eigenvalue weighted by atomic mass is 79.9. The molecule has 0 unspecified atom stereocenters. The predicted molar refractivity (Wildman–Crippen MR) is 81.3 cm³/mol. The molecule has 1 aromatic carbocycles. The normalized spacial score (nSPS) is 14.2. The van der Waals surface area contributed by atoms with Crippen molar-refractivity contribution in [2.45, 2.75) is 25.3 Å². The first-order valence-corrected chi connectivity index (χ1v) is 7.27. The first kappa shape index (κ1) is 14.3. The summed E-state index contributed by atoms with van der Waals surface area (Å²) in [5, 5.41) is 9.64. The predicted octanol–water partition coefficient (Wildman–Crippen LogP) is 2.44. The number of amides is 1. The summed E-state index contributed by atoms with van der Waals surface area (Å²) in [5.74, 6) is -0.0162. The monoisotopic (exact) mass is 342 g/mol. The SMILES string of the molecule is NC(=S)CCN(C(=O)c1ccc(Br)c(O)c1)C1CC1. The van der Waals surface area contributed by atoms with E-state index in [1.807, 2.05) is 0 Å². The summed E-state index contributed by atoms with van der Waals surface area (Å²) in [7, 11) is 0. The summed E-state index contributed by atoms with van der Waals surface area (Å²) >= 11 is 8.05. The van der Waals surface area contributed by atoms with Crippen molar-refractivity contribution in [3.8, 4) is 5.75 Å². The van der Waals surface area contributed by atoms with E-state index in [1.165, 1.54) is 6.07 Å². The van der Waals surface area contributed by atoms with E-state index in [0.29, 0.717) is 28.0 Å². The zero-order chi connectivity index (χ0) is 14.0. The van der Waals surface area contributed by atoms with Crippen molar-refractivity contribution in [3.05, 3.63) is 28.2 Å². The van der Waals surface area contributed by atoms with Crippen molar-refractivity contribution < 1.29 is 9.90 Å². The Balaban J connectivity index is 2.14. The number of carbonyl (C=O) groups excluding carboxylic acids is 1. The van der Waals surface area contributed by atoms with Crippen molar-refractivity contribution in [2.75, 3.05) is 6.54 Å². The summed E-state index contributed by atoms with van der Waals surface area (Å²) in [6.45, 7) is 0.537. The Bertz CT molecular complexity index is 517. The molecule has 4 nitrogen and oxygen atoms in total. The van der Waals surface area contributed by atoms with Gasteiger partial charge >= 0.3 is 0 Å². The third-order valence-electron chi connectivity index (χ3n) is 3.04. The Hall–Kier alpha value is -1.14. The molecule has 0 spiro atoms. The molecule has 3 N–H and O–H groups in total. The largest absolute Gasteiger partial charge is 0.507 e. The Morgan fingerprint density at radius 2 is 2.21 bits per heavy atom. The van der Waals surface area contributed by atoms with Gasteiger partial charge in [0.2, 0.25) is 0 Å². The van der Waals surface area contributed by atoms with E-state index in [2.05, 4.69) is 15.9 Å². The molecule has 1 aliphatic carbocycles. The molecule has 1 aliphatic rings. The second kappa shape index (κ2) is 5.88. The lowest BCUT2D eigenvalue weighted by Gasteiger charge is -2.22. The summed E-state index contributed by atoms with van der Waals surface area (Å²) in [5.41, 5.74) is 5.97. The van der Waals surface area contributed by atoms with Gasteiger partial charge in [-0.25, -0.2) is 0 Å². The van der Waals surface area contributed by atoms with Gasteiger partial charge in [0.05, 0.1) is 9.46 Å². The maximum atomic E-state index is 12.4. The van der Waals surface area contributed by atoms with Crippen molar-refractivity contribution in [1.82, 2.24) is 4.90 Å². The zero-order valence-electron chi connectivity index (χ0n) is 10.3. The topological polar surface area (TPSA) is 66.6 Å². The Morgan fingerprint density at radius 3 is 2.74 bits per heavy atom. The average Bonchev–Trinajstić information content (AvgIpc) is 3.16. The van der Waals surface area contributed by atoms with Gasteiger partial charge in [-0.3, -0.25) is 4.79 Å². The van der Waals surface area contributed by atoms with Gasteiger partial charge in [-0.15, -0.1) is 0 Å². The van der Waals surface area contributed by atoms with Gasteiger partial charge in [0.1, 0.15) is 5.75 Å². The smallest absolute Gasteiger partial charge is 0.254 e. The number of aromatic hydroxyl groups is 1. The van der Waals surface area contributed by atoms with Crippen LogP contribution in [-0.4, -0.2) is 33.5 Å². The van der Waals surface area contributed by atoms with E-state index in [9.17, 15) is 9.90 Å². The summed E-state index contributed by atoms with van der Waals surface area (Å²) < 4.78 is 0.574. The quantitative estimate of drug-likeness (QED) is 0.806. The molecule has 1 saturated carbocycles. The Morgan fingerprint density at radius 1 is 1.53 bits per heavy atom. The number of hydrogen-bond acceptors (Lipinski definition) is 3. The van der Waals surface area contributed by atoms with Crippen LogP contribution in [0, 0.1) is 0 Å². The van der Waals surface area contributed by atoms with Crippen LogP contribution in [0.1, 0.15) is 29.6 Å². The molecule has 0 atom stereocenters. The van der Waals surface area contributed by atoms with Crippen LogP contribution in [-0.2, 0) is 0 Å². The number of nitrogens with zero attached hydrogens (tertiary/aromatic N) is 1. The first-order valence-electron chi connectivity index (χ1n) is 6.07. The van der Waals surface area contributed by atoms with Crippen LogP contribution in [0.25, 0.3) is 0 Å².